The van der Waals surface area contributed by atoms with Crippen molar-refractivity contribution in [2.45, 2.75) is 18.8 Å². The van der Waals surface area contributed by atoms with Gasteiger partial charge in [0.1, 0.15) is 0 Å². The molecule has 294 valence electrons. The molecule has 0 radical (unpaired) electrons. The zero-order chi connectivity index (χ0) is 41.5. The molecule has 8 aromatic carbocycles. The van der Waals surface area contributed by atoms with Crippen LogP contribution in [0.1, 0.15) is 18.9 Å². The molecule has 0 aliphatic heterocycles. The van der Waals surface area contributed by atoms with Gasteiger partial charge in [0.05, 0.1) is 11.0 Å². The highest BCUT2D eigenvalue weighted by atomic mass is 15.0. The van der Waals surface area contributed by atoms with E-state index in [1.54, 1.807) is 0 Å². The maximum atomic E-state index is 5.05. The summed E-state index contributed by atoms with van der Waals surface area (Å²) in [6, 6.07) is 71.0. The molecule has 0 saturated heterocycles. The van der Waals surface area contributed by atoms with E-state index in [1.807, 2.05) is 36.4 Å². The van der Waals surface area contributed by atoms with Crippen molar-refractivity contribution in [1.82, 2.24) is 19.5 Å². The largest absolute Gasteiger partial charge is 0.309 e. The molecule has 62 heavy (non-hydrogen) atoms. The summed E-state index contributed by atoms with van der Waals surface area (Å²) in [6.07, 6.45) is 9.91. The Hall–Kier alpha value is -7.95. The first kappa shape index (κ1) is 37.1. The number of allylic oxidation sites excluding steroid dienone is 4. The molecular formula is C58H42N4. The number of benzene rings is 8. The molecule has 0 spiro atoms. The van der Waals surface area contributed by atoms with Gasteiger partial charge in [0, 0.05) is 38.6 Å². The summed E-state index contributed by atoms with van der Waals surface area (Å²) in [5, 5.41) is 2.54. The maximum Gasteiger partial charge on any atom is 0.164 e. The number of nitrogens with zero attached hydrogens (tertiary/aromatic N) is 4. The summed E-state index contributed by atoms with van der Waals surface area (Å²) in [5.41, 5.74) is 14.6. The number of para-hydroxylation sites is 1. The van der Waals surface area contributed by atoms with E-state index >= 15 is 0 Å². The molecule has 11 rings (SSSR count). The van der Waals surface area contributed by atoms with Crippen molar-refractivity contribution in [3.63, 3.8) is 0 Å². The summed E-state index contributed by atoms with van der Waals surface area (Å²) in [6.45, 7) is 2.33. The van der Waals surface area contributed by atoms with Crippen LogP contribution in [0.3, 0.4) is 0 Å². The first-order chi connectivity index (χ1) is 30.6. The van der Waals surface area contributed by atoms with Crippen molar-refractivity contribution in [2.75, 3.05) is 0 Å². The van der Waals surface area contributed by atoms with Crippen LogP contribution in [-0.4, -0.2) is 19.5 Å². The molecule has 2 heterocycles. The third kappa shape index (κ3) is 6.92. The third-order valence-electron chi connectivity index (χ3n) is 12.3. The van der Waals surface area contributed by atoms with E-state index in [0.29, 0.717) is 17.5 Å². The lowest BCUT2D eigenvalue weighted by Gasteiger charge is -2.27. The topological polar surface area (TPSA) is 43.6 Å². The minimum Gasteiger partial charge on any atom is -0.309 e. The van der Waals surface area contributed by atoms with Gasteiger partial charge in [0.25, 0.3) is 0 Å². The van der Waals surface area contributed by atoms with Gasteiger partial charge in [-0.2, -0.15) is 0 Å². The first-order valence-corrected chi connectivity index (χ1v) is 21.2. The Kier molecular flexibility index (Phi) is 9.32. The van der Waals surface area contributed by atoms with Gasteiger partial charge in [0.2, 0.25) is 0 Å². The summed E-state index contributed by atoms with van der Waals surface area (Å²) in [5.74, 6) is 1.91. The lowest BCUT2D eigenvalue weighted by Crippen LogP contribution is -2.19. The van der Waals surface area contributed by atoms with E-state index in [1.165, 1.54) is 38.5 Å². The number of hydrogen-bond donors (Lipinski definition) is 0. The fourth-order valence-corrected chi connectivity index (χ4v) is 8.83. The van der Waals surface area contributed by atoms with Crippen LogP contribution >= 0.6 is 0 Å². The van der Waals surface area contributed by atoms with E-state index in [9.17, 15) is 0 Å². The van der Waals surface area contributed by atoms with Crippen LogP contribution in [0, 0.1) is 0 Å². The Morgan fingerprint density at radius 2 is 0.855 bits per heavy atom. The number of aromatic nitrogens is 4. The van der Waals surface area contributed by atoms with Crippen molar-refractivity contribution in [2.24, 2.45) is 0 Å². The fourth-order valence-electron chi connectivity index (χ4n) is 8.83. The molecule has 0 saturated carbocycles. The third-order valence-corrected chi connectivity index (χ3v) is 12.3. The molecular weight excluding hydrogens is 753 g/mol. The number of hydrogen-bond acceptors (Lipinski definition) is 3. The van der Waals surface area contributed by atoms with E-state index in [2.05, 4.69) is 200 Å². The van der Waals surface area contributed by atoms with Crippen LogP contribution in [-0.2, 0) is 5.41 Å². The summed E-state index contributed by atoms with van der Waals surface area (Å²) >= 11 is 0. The van der Waals surface area contributed by atoms with E-state index < -0.39 is 0 Å². The lowest BCUT2D eigenvalue weighted by atomic mass is 9.77. The molecule has 1 aliphatic rings. The average Bonchev–Trinajstić information content (AvgIpc) is 3.68. The monoisotopic (exact) mass is 794 g/mol. The number of rotatable bonds is 8. The second kappa shape index (κ2) is 15.6. The van der Waals surface area contributed by atoms with E-state index in [0.717, 1.165) is 51.1 Å². The van der Waals surface area contributed by atoms with Gasteiger partial charge in [-0.1, -0.05) is 195 Å². The molecule has 0 fully saturated rings. The Balaban J connectivity index is 0.894. The fraction of sp³-hybridized carbons (Fsp3) is 0.0517. The highest BCUT2D eigenvalue weighted by molar-refractivity contribution is 6.09. The van der Waals surface area contributed by atoms with Crippen LogP contribution in [0.15, 0.2) is 224 Å². The van der Waals surface area contributed by atoms with Crippen LogP contribution < -0.4 is 0 Å². The average molecular weight is 795 g/mol. The predicted octanol–water partition coefficient (Wildman–Crippen LogP) is 14.7. The van der Waals surface area contributed by atoms with Crippen LogP contribution in [0.25, 0.3) is 95.0 Å². The minimum absolute atomic E-state index is 0.0108. The quantitative estimate of drug-likeness (QED) is 0.154. The van der Waals surface area contributed by atoms with Crippen molar-refractivity contribution < 1.29 is 0 Å². The summed E-state index contributed by atoms with van der Waals surface area (Å²) in [7, 11) is 0. The van der Waals surface area contributed by atoms with Crippen LogP contribution in [0.5, 0.6) is 0 Å². The van der Waals surface area contributed by atoms with Gasteiger partial charge in [-0.05, 0) is 81.8 Å². The predicted molar refractivity (Wildman–Crippen MR) is 257 cm³/mol. The molecule has 4 heteroatoms. The van der Waals surface area contributed by atoms with Crippen LogP contribution in [0.2, 0.25) is 0 Å². The Labute approximate surface area is 361 Å². The summed E-state index contributed by atoms with van der Waals surface area (Å²) < 4.78 is 2.39. The molecule has 4 nitrogen and oxygen atoms in total. The SMILES string of the molecule is CC1(c2ccc3c(c2)c2ccccc2n3-c2ccc(-c3ccc(-c4nc(-c5ccccc5)nc(-c5ccc(-c6cccc(-c7ccccc7)c6)cc5)n4)cc3)cc2)C=CC=CC1. The van der Waals surface area contributed by atoms with Gasteiger partial charge < -0.3 is 4.57 Å². The standard InChI is InChI=1S/C58H42N4/c1-58(36-11-4-12-37-58)49-32-35-54-52(39-49)51-20-9-10-21-53(51)62(54)50-33-30-42(31-34-50)41-22-26-45(27-23-41)56-59-55(44-16-7-3-8-17-44)60-57(61-56)46-28-24-43(25-29-46)48-19-13-18-47(38-48)40-14-5-2-6-15-40/h2-36,38-39H,37H2,1H3. The first-order valence-electron chi connectivity index (χ1n) is 21.2. The molecule has 0 amide bonds. The minimum atomic E-state index is -0.0108. The van der Waals surface area contributed by atoms with Gasteiger partial charge in [-0.25, -0.2) is 15.0 Å². The second-order valence-electron chi connectivity index (χ2n) is 16.3. The zero-order valence-corrected chi connectivity index (χ0v) is 34.4. The van der Waals surface area contributed by atoms with Crippen LogP contribution in [0.4, 0.5) is 0 Å². The Morgan fingerprint density at radius 1 is 0.387 bits per heavy atom. The van der Waals surface area contributed by atoms with Gasteiger partial charge in [0.15, 0.2) is 17.5 Å². The molecule has 0 N–H and O–H groups in total. The normalized spacial score (nSPS) is 14.7. The molecule has 1 atom stereocenters. The van der Waals surface area contributed by atoms with Crippen molar-refractivity contribution in [1.29, 1.82) is 0 Å². The maximum absolute atomic E-state index is 5.05. The molecule has 0 bridgehead atoms. The smallest absolute Gasteiger partial charge is 0.164 e. The Bertz CT molecular complexity index is 3290. The molecule has 1 unspecified atom stereocenters. The molecule has 10 aromatic rings. The summed E-state index contributed by atoms with van der Waals surface area (Å²) in [4.78, 5) is 15.0. The highest BCUT2D eigenvalue weighted by Crippen LogP contribution is 2.39. The van der Waals surface area contributed by atoms with E-state index in [-0.39, 0.29) is 5.41 Å². The Morgan fingerprint density at radius 3 is 1.45 bits per heavy atom. The molecule has 2 aromatic heterocycles. The van der Waals surface area contributed by atoms with Crippen molar-refractivity contribution >= 4 is 21.8 Å². The molecule has 1 aliphatic carbocycles. The van der Waals surface area contributed by atoms with E-state index in [4.69, 9.17) is 15.0 Å². The van der Waals surface area contributed by atoms with Crippen molar-refractivity contribution in [3.05, 3.63) is 230 Å². The zero-order valence-electron chi connectivity index (χ0n) is 34.4. The number of fused-ring (bicyclic) bond motifs is 3. The highest BCUT2D eigenvalue weighted by Gasteiger charge is 2.25. The lowest BCUT2D eigenvalue weighted by molar-refractivity contribution is 0.600. The van der Waals surface area contributed by atoms with Gasteiger partial charge in [-0.3, -0.25) is 0 Å². The van der Waals surface area contributed by atoms with Gasteiger partial charge in [-0.15, -0.1) is 0 Å². The second-order valence-corrected chi connectivity index (χ2v) is 16.3. The van der Waals surface area contributed by atoms with Crippen molar-refractivity contribution in [3.8, 4) is 73.2 Å². The van der Waals surface area contributed by atoms with Gasteiger partial charge >= 0.3 is 0 Å².